The monoisotopic (exact) mass is 460 g/mol. The Morgan fingerprint density at radius 1 is 1.09 bits per heavy atom. The fourth-order valence-corrected chi connectivity index (χ4v) is 5.23. The summed E-state index contributed by atoms with van der Waals surface area (Å²) in [6, 6.07) is 15.8. The van der Waals surface area contributed by atoms with Gasteiger partial charge in [-0.1, -0.05) is 36.4 Å². The molecular formula is C27H32N4O3. The summed E-state index contributed by atoms with van der Waals surface area (Å²) in [6.45, 7) is 7.54. The second kappa shape index (κ2) is 9.99. The summed E-state index contributed by atoms with van der Waals surface area (Å²) in [5.41, 5.74) is 4.95. The van der Waals surface area contributed by atoms with Crippen molar-refractivity contribution >= 4 is 22.7 Å². The lowest BCUT2D eigenvalue weighted by molar-refractivity contribution is -0.121. The van der Waals surface area contributed by atoms with Gasteiger partial charge in [-0.15, -0.1) is 0 Å². The summed E-state index contributed by atoms with van der Waals surface area (Å²) >= 11 is 0. The molecule has 0 saturated carbocycles. The molecule has 2 aliphatic heterocycles. The van der Waals surface area contributed by atoms with Crippen molar-refractivity contribution in [1.29, 1.82) is 0 Å². The van der Waals surface area contributed by atoms with E-state index in [2.05, 4.69) is 34.3 Å². The second-order valence-electron chi connectivity index (χ2n) is 9.11. The van der Waals surface area contributed by atoms with Gasteiger partial charge in [0, 0.05) is 60.3 Å². The Morgan fingerprint density at radius 2 is 1.85 bits per heavy atom. The van der Waals surface area contributed by atoms with Crippen LogP contribution in [0, 0.1) is 6.92 Å². The summed E-state index contributed by atoms with van der Waals surface area (Å²) in [5.74, 6) is -0.0227. The summed E-state index contributed by atoms with van der Waals surface area (Å²) in [6.07, 6.45) is 1.20. The number of amides is 2. The molecule has 0 aliphatic carbocycles. The highest BCUT2D eigenvalue weighted by molar-refractivity contribution is 6.01. The fraction of sp³-hybridized carbons (Fsp3) is 0.407. The van der Waals surface area contributed by atoms with E-state index in [-0.39, 0.29) is 24.3 Å². The number of rotatable bonds is 8. The van der Waals surface area contributed by atoms with Gasteiger partial charge in [0.2, 0.25) is 5.91 Å². The van der Waals surface area contributed by atoms with Crippen LogP contribution in [0.15, 0.2) is 48.5 Å². The van der Waals surface area contributed by atoms with Gasteiger partial charge in [-0.2, -0.15) is 0 Å². The number of nitrogens with one attached hydrogen (secondary N) is 2. The van der Waals surface area contributed by atoms with E-state index in [0.29, 0.717) is 13.1 Å². The van der Waals surface area contributed by atoms with E-state index in [9.17, 15) is 9.59 Å². The minimum atomic E-state index is -0.200. The van der Waals surface area contributed by atoms with E-state index in [1.807, 2.05) is 41.3 Å². The predicted octanol–water partition coefficient (Wildman–Crippen LogP) is 3.25. The van der Waals surface area contributed by atoms with Crippen LogP contribution in [0.25, 0.3) is 10.9 Å². The van der Waals surface area contributed by atoms with Gasteiger partial charge in [-0.05, 0) is 37.6 Å². The Bertz CT molecular complexity index is 1180. The van der Waals surface area contributed by atoms with Gasteiger partial charge in [0.15, 0.2) is 0 Å². The van der Waals surface area contributed by atoms with Gasteiger partial charge in [-0.25, -0.2) is 0 Å². The van der Waals surface area contributed by atoms with E-state index in [0.717, 1.165) is 72.6 Å². The molecule has 34 heavy (non-hydrogen) atoms. The fourth-order valence-electron chi connectivity index (χ4n) is 5.23. The van der Waals surface area contributed by atoms with Crippen LogP contribution >= 0.6 is 0 Å². The van der Waals surface area contributed by atoms with Crippen LogP contribution in [0.5, 0.6) is 0 Å². The Morgan fingerprint density at radius 3 is 2.71 bits per heavy atom. The molecule has 1 fully saturated rings. The first-order valence-electron chi connectivity index (χ1n) is 12.2. The largest absolute Gasteiger partial charge is 0.379 e. The highest BCUT2D eigenvalue weighted by Crippen LogP contribution is 2.42. The number of hydrogen-bond acceptors (Lipinski definition) is 4. The van der Waals surface area contributed by atoms with Crippen molar-refractivity contribution in [3.8, 4) is 0 Å². The lowest BCUT2D eigenvalue weighted by Crippen LogP contribution is -2.38. The van der Waals surface area contributed by atoms with Crippen LogP contribution in [0.4, 0.5) is 0 Å². The molecule has 2 amide bonds. The zero-order valence-electron chi connectivity index (χ0n) is 19.7. The van der Waals surface area contributed by atoms with Crippen molar-refractivity contribution in [3.05, 3.63) is 70.9 Å². The predicted molar refractivity (Wildman–Crippen MR) is 132 cm³/mol. The minimum Gasteiger partial charge on any atom is -0.379 e. The number of aryl methyl sites for hydroxylation is 1. The summed E-state index contributed by atoms with van der Waals surface area (Å²) in [7, 11) is 0. The lowest BCUT2D eigenvalue weighted by Gasteiger charge is -2.27. The Balaban J connectivity index is 1.27. The average Bonchev–Trinajstić information content (AvgIpc) is 3.33. The number of morpholine rings is 1. The molecule has 7 heteroatoms. The van der Waals surface area contributed by atoms with Gasteiger partial charge in [0.05, 0.1) is 19.3 Å². The van der Waals surface area contributed by atoms with Crippen LogP contribution in [0.1, 0.15) is 46.1 Å². The number of para-hydroxylation sites is 1. The quantitative estimate of drug-likeness (QED) is 0.506. The zero-order valence-corrected chi connectivity index (χ0v) is 19.7. The van der Waals surface area contributed by atoms with E-state index >= 15 is 0 Å². The average molecular weight is 461 g/mol. The third-order valence-corrected chi connectivity index (χ3v) is 6.93. The molecule has 1 aromatic heterocycles. The van der Waals surface area contributed by atoms with Gasteiger partial charge in [-0.3, -0.25) is 14.5 Å². The van der Waals surface area contributed by atoms with Crippen LogP contribution in [0.3, 0.4) is 0 Å². The van der Waals surface area contributed by atoms with Gasteiger partial charge in [0.25, 0.3) is 5.91 Å². The highest BCUT2D eigenvalue weighted by Gasteiger charge is 2.39. The van der Waals surface area contributed by atoms with Crippen LogP contribution in [-0.4, -0.2) is 72.5 Å². The molecule has 1 atom stereocenters. The first-order chi connectivity index (χ1) is 16.6. The first-order valence-corrected chi connectivity index (χ1v) is 12.2. The molecular weight excluding hydrogens is 428 g/mol. The van der Waals surface area contributed by atoms with Gasteiger partial charge in [0.1, 0.15) is 0 Å². The Kier molecular flexibility index (Phi) is 6.65. The standard InChI is InChI=1S/C27H32N4O3/c1-19-25(22-9-4-5-10-23(22)29-19)26-20-7-2-3-8-21(20)27(33)31(26)14-11-24(32)28-12-6-13-30-15-17-34-18-16-30/h2-5,7-10,26,29H,6,11-18H2,1H3,(H,28,32). The van der Waals surface area contributed by atoms with Crippen LogP contribution < -0.4 is 5.32 Å². The molecule has 0 spiro atoms. The van der Waals surface area contributed by atoms with E-state index in [1.54, 1.807) is 0 Å². The van der Waals surface area contributed by atoms with Crippen molar-refractivity contribution in [1.82, 2.24) is 20.1 Å². The van der Waals surface area contributed by atoms with Crippen molar-refractivity contribution in [2.45, 2.75) is 25.8 Å². The molecule has 1 saturated heterocycles. The number of aromatic nitrogens is 1. The topological polar surface area (TPSA) is 77.7 Å². The number of carbonyl (C=O) groups is 2. The molecule has 2 aliphatic rings. The summed E-state index contributed by atoms with van der Waals surface area (Å²) in [5, 5.41) is 4.15. The second-order valence-corrected chi connectivity index (χ2v) is 9.11. The van der Waals surface area contributed by atoms with Crippen molar-refractivity contribution in [3.63, 3.8) is 0 Å². The lowest BCUT2D eigenvalue weighted by atomic mass is 9.95. The minimum absolute atomic E-state index is 0.00889. The Hall–Kier alpha value is -3.16. The molecule has 5 rings (SSSR count). The first kappa shape index (κ1) is 22.6. The summed E-state index contributed by atoms with van der Waals surface area (Å²) < 4.78 is 5.38. The van der Waals surface area contributed by atoms with E-state index in [1.165, 1.54) is 0 Å². The van der Waals surface area contributed by atoms with E-state index < -0.39 is 0 Å². The number of benzene rings is 2. The maximum atomic E-state index is 13.4. The van der Waals surface area contributed by atoms with Crippen molar-refractivity contribution in [2.24, 2.45) is 0 Å². The van der Waals surface area contributed by atoms with E-state index in [4.69, 9.17) is 4.74 Å². The molecule has 7 nitrogen and oxygen atoms in total. The number of aromatic amines is 1. The molecule has 0 bridgehead atoms. The molecule has 2 aromatic carbocycles. The summed E-state index contributed by atoms with van der Waals surface area (Å²) in [4.78, 5) is 33.7. The highest BCUT2D eigenvalue weighted by atomic mass is 16.5. The maximum Gasteiger partial charge on any atom is 0.255 e. The molecule has 178 valence electrons. The van der Waals surface area contributed by atoms with Crippen molar-refractivity contribution in [2.75, 3.05) is 45.9 Å². The number of hydrogen-bond donors (Lipinski definition) is 2. The van der Waals surface area contributed by atoms with Crippen LogP contribution in [0.2, 0.25) is 0 Å². The number of H-pyrrole nitrogens is 1. The van der Waals surface area contributed by atoms with Gasteiger partial charge >= 0.3 is 0 Å². The Labute approximate surface area is 200 Å². The number of fused-ring (bicyclic) bond motifs is 2. The maximum absolute atomic E-state index is 13.4. The molecule has 2 N–H and O–H groups in total. The molecule has 3 heterocycles. The van der Waals surface area contributed by atoms with Gasteiger partial charge < -0.3 is 19.9 Å². The molecule has 1 unspecified atom stereocenters. The zero-order chi connectivity index (χ0) is 23.5. The smallest absolute Gasteiger partial charge is 0.255 e. The SMILES string of the molecule is Cc1[nH]c2ccccc2c1C1c2ccccc2C(=O)N1CCC(=O)NCCCN1CCOCC1. The normalized spacial score (nSPS) is 18.4. The molecule has 3 aromatic rings. The van der Waals surface area contributed by atoms with Crippen molar-refractivity contribution < 1.29 is 14.3 Å². The number of carbonyl (C=O) groups excluding carboxylic acids is 2. The van der Waals surface area contributed by atoms with Crippen LogP contribution in [-0.2, 0) is 9.53 Å². The third-order valence-electron chi connectivity index (χ3n) is 6.93. The number of nitrogens with zero attached hydrogens (tertiary/aromatic N) is 2. The molecule has 0 radical (unpaired) electrons. The number of ether oxygens (including phenoxy) is 1. The third kappa shape index (κ3) is 4.45.